The quantitative estimate of drug-likeness (QED) is 0.504. The van der Waals surface area contributed by atoms with Crippen LogP contribution in [0.3, 0.4) is 0 Å². The van der Waals surface area contributed by atoms with Crippen molar-refractivity contribution < 1.29 is 4.39 Å². The van der Waals surface area contributed by atoms with Crippen molar-refractivity contribution in [2.24, 2.45) is 0 Å². The van der Waals surface area contributed by atoms with E-state index >= 15 is 0 Å². The third kappa shape index (κ3) is 3.68. The summed E-state index contributed by atoms with van der Waals surface area (Å²) in [4.78, 5) is 0. The van der Waals surface area contributed by atoms with E-state index < -0.39 is 0 Å². The Kier molecular flexibility index (Phi) is 4.87. The van der Waals surface area contributed by atoms with Gasteiger partial charge in [0.05, 0.1) is 0 Å². The smallest absolute Gasteiger partial charge is 0.131 e. The van der Waals surface area contributed by atoms with Crippen molar-refractivity contribution in [2.75, 3.05) is 0 Å². The SMILES string of the molecule is CCCCc1ccc(-c2ccc(-c3ccccc3)cc2F)cc1. The molecule has 0 amide bonds. The first-order chi connectivity index (χ1) is 11.3. The second kappa shape index (κ2) is 7.23. The van der Waals surface area contributed by atoms with E-state index in [1.807, 2.05) is 54.6 Å². The van der Waals surface area contributed by atoms with Crippen LogP contribution in [0.1, 0.15) is 25.3 Å². The largest absolute Gasteiger partial charge is 0.206 e. The van der Waals surface area contributed by atoms with Gasteiger partial charge in [-0.25, -0.2) is 4.39 Å². The number of benzene rings is 3. The molecule has 0 radical (unpaired) electrons. The fourth-order valence-corrected chi connectivity index (χ4v) is 2.79. The summed E-state index contributed by atoms with van der Waals surface area (Å²) in [5.41, 5.74) is 4.85. The average Bonchev–Trinajstić information content (AvgIpc) is 2.61. The van der Waals surface area contributed by atoms with E-state index in [0.717, 1.165) is 23.1 Å². The zero-order chi connectivity index (χ0) is 16.1. The Hall–Kier alpha value is -2.41. The van der Waals surface area contributed by atoms with E-state index in [1.165, 1.54) is 18.4 Å². The number of hydrogen-bond acceptors (Lipinski definition) is 0. The molecular formula is C22H21F. The normalized spacial score (nSPS) is 10.7. The lowest BCUT2D eigenvalue weighted by Gasteiger charge is -2.08. The maximum absolute atomic E-state index is 14.5. The molecule has 1 heteroatoms. The number of rotatable bonds is 5. The zero-order valence-corrected chi connectivity index (χ0v) is 13.4. The van der Waals surface area contributed by atoms with Gasteiger partial charge in [0.1, 0.15) is 5.82 Å². The highest BCUT2D eigenvalue weighted by Gasteiger charge is 2.07. The second-order valence-corrected chi connectivity index (χ2v) is 5.86. The van der Waals surface area contributed by atoms with Crippen LogP contribution in [0.25, 0.3) is 22.3 Å². The molecule has 0 saturated carbocycles. The Labute approximate surface area is 137 Å². The van der Waals surface area contributed by atoms with Crippen LogP contribution in [-0.4, -0.2) is 0 Å². The van der Waals surface area contributed by atoms with Crippen molar-refractivity contribution in [3.63, 3.8) is 0 Å². The molecule has 0 nitrogen and oxygen atoms in total. The van der Waals surface area contributed by atoms with E-state index in [0.29, 0.717) is 5.56 Å². The number of hydrogen-bond donors (Lipinski definition) is 0. The highest BCUT2D eigenvalue weighted by atomic mass is 19.1. The topological polar surface area (TPSA) is 0 Å². The van der Waals surface area contributed by atoms with Gasteiger partial charge in [-0.3, -0.25) is 0 Å². The Balaban J connectivity index is 1.86. The monoisotopic (exact) mass is 304 g/mol. The minimum absolute atomic E-state index is 0.173. The summed E-state index contributed by atoms with van der Waals surface area (Å²) in [7, 11) is 0. The lowest BCUT2D eigenvalue weighted by molar-refractivity contribution is 0.632. The molecule has 0 N–H and O–H groups in total. The van der Waals surface area contributed by atoms with Gasteiger partial charge in [0, 0.05) is 5.56 Å². The third-order valence-corrected chi connectivity index (χ3v) is 4.16. The molecule has 0 bridgehead atoms. The summed E-state index contributed by atoms with van der Waals surface area (Å²) >= 11 is 0. The van der Waals surface area contributed by atoms with Crippen LogP contribution in [-0.2, 0) is 6.42 Å². The maximum atomic E-state index is 14.5. The fourth-order valence-electron chi connectivity index (χ4n) is 2.79. The second-order valence-electron chi connectivity index (χ2n) is 5.86. The Morgan fingerprint density at radius 3 is 2.09 bits per heavy atom. The average molecular weight is 304 g/mol. The molecule has 23 heavy (non-hydrogen) atoms. The molecule has 0 aliphatic carbocycles. The van der Waals surface area contributed by atoms with Gasteiger partial charge in [-0.1, -0.05) is 80.1 Å². The molecule has 116 valence electrons. The molecule has 3 aromatic carbocycles. The highest BCUT2D eigenvalue weighted by Crippen LogP contribution is 2.28. The first-order valence-electron chi connectivity index (χ1n) is 8.22. The highest BCUT2D eigenvalue weighted by molar-refractivity contribution is 5.71. The Morgan fingerprint density at radius 2 is 1.43 bits per heavy atom. The summed E-state index contributed by atoms with van der Waals surface area (Å²) < 4.78 is 14.5. The molecule has 0 atom stereocenters. The summed E-state index contributed by atoms with van der Waals surface area (Å²) in [5.74, 6) is -0.173. The number of halogens is 1. The molecule has 0 aliphatic rings. The lowest BCUT2D eigenvalue weighted by atomic mass is 9.98. The van der Waals surface area contributed by atoms with Gasteiger partial charge < -0.3 is 0 Å². The van der Waals surface area contributed by atoms with Gasteiger partial charge in [0.15, 0.2) is 0 Å². The fraction of sp³-hybridized carbons (Fsp3) is 0.182. The first kappa shape index (κ1) is 15.5. The van der Waals surface area contributed by atoms with Crippen LogP contribution in [0.15, 0.2) is 72.8 Å². The van der Waals surface area contributed by atoms with E-state index in [9.17, 15) is 4.39 Å². The first-order valence-corrected chi connectivity index (χ1v) is 8.22. The minimum Gasteiger partial charge on any atom is -0.206 e. The van der Waals surface area contributed by atoms with Crippen molar-refractivity contribution in [1.82, 2.24) is 0 Å². The molecular weight excluding hydrogens is 283 g/mol. The molecule has 3 rings (SSSR count). The maximum Gasteiger partial charge on any atom is 0.131 e. The Bertz CT molecular complexity index is 758. The van der Waals surface area contributed by atoms with Crippen LogP contribution in [0.4, 0.5) is 4.39 Å². The van der Waals surface area contributed by atoms with Gasteiger partial charge in [-0.15, -0.1) is 0 Å². The van der Waals surface area contributed by atoms with E-state index in [2.05, 4.69) is 19.1 Å². The van der Waals surface area contributed by atoms with Crippen molar-refractivity contribution in [2.45, 2.75) is 26.2 Å². The van der Waals surface area contributed by atoms with Crippen molar-refractivity contribution >= 4 is 0 Å². The summed E-state index contributed by atoms with van der Waals surface area (Å²) in [6.07, 6.45) is 3.48. The summed E-state index contributed by atoms with van der Waals surface area (Å²) in [5, 5.41) is 0. The molecule has 0 heterocycles. The van der Waals surface area contributed by atoms with Gasteiger partial charge >= 0.3 is 0 Å². The standard InChI is InChI=1S/C22H21F/c1-2-3-7-17-10-12-19(13-11-17)21-15-14-20(16-22(21)23)18-8-5-4-6-9-18/h4-6,8-16H,2-3,7H2,1H3. The van der Waals surface area contributed by atoms with Crippen molar-refractivity contribution in [1.29, 1.82) is 0 Å². The summed E-state index contributed by atoms with van der Waals surface area (Å²) in [6.45, 7) is 2.19. The lowest BCUT2D eigenvalue weighted by Crippen LogP contribution is -1.88. The predicted molar refractivity (Wildman–Crippen MR) is 95.9 cm³/mol. The summed E-state index contributed by atoms with van der Waals surface area (Å²) in [6, 6.07) is 23.6. The van der Waals surface area contributed by atoms with Crippen LogP contribution < -0.4 is 0 Å². The van der Waals surface area contributed by atoms with Crippen molar-refractivity contribution in [3.05, 3.63) is 84.2 Å². The molecule has 0 saturated heterocycles. The van der Waals surface area contributed by atoms with E-state index in [1.54, 1.807) is 6.07 Å². The van der Waals surface area contributed by atoms with E-state index in [-0.39, 0.29) is 5.82 Å². The van der Waals surface area contributed by atoms with Gasteiger partial charge in [0.2, 0.25) is 0 Å². The van der Waals surface area contributed by atoms with E-state index in [4.69, 9.17) is 0 Å². The number of aryl methyl sites for hydroxylation is 1. The van der Waals surface area contributed by atoms with Crippen LogP contribution in [0, 0.1) is 5.82 Å². The third-order valence-electron chi connectivity index (χ3n) is 4.16. The van der Waals surface area contributed by atoms with Crippen LogP contribution >= 0.6 is 0 Å². The zero-order valence-electron chi connectivity index (χ0n) is 13.4. The van der Waals surface area contributed by atoms with Crippen molar-refractivity contribution in [3.8, 4) is 22.3 Å². The molecule has 0 aromatic heterocycles. The van der Waals surface area contributed by atoms with Crippen LogP contribution in [0.5, 0.6) is 0 Å². The molecule has 0 spiro atoms. The molecule has 3 aromatic rings. The molecule has 0 unspecified atom stereocenters. The van der Waals surface area contributed by atoms with Gasteiger partial charge in [-0.05, 0) is 41.2 Å². The minimum atomic E-state index is -0.173. The number of unbranched alkanes of at least 4 members (excludes halogenated alkanes) is 1. The molecule has 0 aliphatic heterocycles. The van der Waals surface area contributed by atoms with Crippen LogP contribution in [0.2, 0.25) is 0 Å². The Morgan fingerprint density at radius 1 is 0.739 bits per heavy atom. The van der Waals surface area contributed by atoms with Gasteiger partial charge in [0.25, 0.3) is 0 Å². The van der Waals surface area contributed by atoms with Gasteiger partial charge in [-0.2, -0.15) is 0 Å². The predicted octanol–water partition coefficient (Wildman–Crippen LogP) is 6.50. The molecule has 0 fully saturated rings.